The summed E-state index contributed by atoms with van der Waals surface area (Å²) in [6.07, 6.45) is 12.6. The molecule has 0 aromatic carbocycles. The summed E-state index contributed by atoms with van der Waals surface area (Å²) < 4.78 is 1.92. The summed E-state index contributed by atoms with van der Waals surface area (Å²) in [6.45, 7) is 1.89. The lowest BCUT2D eigenvalue weighted by Gasteiger charge is -2.28. The Hall–Kier alpha value is -2.83. The minimum atomic E-state index is 0.404. The van der Waals surface area contributed by atoms with E-state index in [4.69, 9.17) is 9.97 Å². The molecule has 2 aliphatic rings. The highest BCUT2D eigenvalue weighted by molar-refractivity contribution is 5.61. The molecule has 0 unspecified atom stereocenters. The number of pyridine rings is 1. The molecule has 3 aromatic heterocycles. The number of aromatic nitrogens is 6. The summed E-state index contributed by atoms with van der Waals surface area (Å²) >= 11 is 0. The first-order chi connectivity index (χ1) is 12.9. The summed E-state index contributed by atoms with van der Waals surface area (Å²) in [7, 11) is 0. The van der Waals surface area contributed by atoms with Crippen LogP contribution in [0.1, 0.15) is 30.5 Å². The lowest BCUT2D eigenvalue weighted by molar-refractivity contribution is 0.505. The third kappa shape index (κ3) is 2.73. The van der Waals surface area contributed by atoms with Crippen LogP contribution in [0.3, 0.4) is 0 Å². The molecule has 7 nitrogen and oxygen atoms in total. The SMILES string of the molecule is c1cc(-c2nc3c(c(N4CCC[C@@H]4Cn4cncn4)n2)CCC3)ccn1. The molecule has 1 atom stereocenters. The van der Waals surface area contributed by atoms with Crippen molar-refractivity contribution in [1.29, 1.82) is 0 Å². The van der Waals surface area contributed by atoms with Gasteiger partial charge in [-0.2, -0.15) is 5.10 Å². The van der Waals surface area contributed by atoms with Gasteiger partial charge in [0.15, 0.2) is 5.82 Å². The van der Waals surface area contributed by atoms with Gasteiger partial charge in [-0.25, -0.2) is 15.0 Å². The van der Waals surface area contributed by atoms with Crippen molar-refractivity contribution in [2.24, 2.45) is 0 Å². The number of nitrogens with zero attached hydrogens (tertiary/aromatic N) is 7. The van der Waals surface area contributed by atoms with E-state index in [0.29, 0.717) is 6.04 Å². The average molecular weight is 347 g/mol. The van der Waals surface area contributed by atoms with E-state index >= 15 is 0 Å². The number of rotatable bonds is 4. The van der Waals surface area contributed by atoms with Crippen molar-refractivity contribution in [2.75, 3.05) is 11.4 Å². The van der Waals surface area contributed by atoms with Crippen molar-refractivity contribution >= 4 is 5.82 Å². The fraction of sp³-hybridized carbons (Fsp3) is 0.421. The largest absolute Gasteiger partial charge is 0.351 e. The van der Waals surface area contributed by atoms with Gasteiger partial charge in [0.05, 0.1) is 12.6 Å². The van der Waals surface area contributed by atoms with E-state index in [9.17, 15) is 0 Å². The van der Waals surface area contributed by atoms with Gasteiger partial charge in [0.1, 0.15) is 18.5 Å². The van der Waals surface area contributed by atoms with Crippen LogP contribution < -0.4 is 4.90 Å². The van der Waals surface area contributed by atoms with E-state index in [-0.39, 0.29) is 0 Å². The number of anilines is 1. The van der Waals surface area contributed by atoms with Gasteiger partial charge in [-0.15, -0.1) is 0 Å². The third-order valence-electron chi connectivity index (χ3n) is 5.36. The van der Waals surface area contributed by atoms with Crippen LogP contribution in [-0.2, 0) is 19.4 Å². The topological polar surface area (TPSA) is 72.6 Å². The van der Waals surface area contributed by atoms with Gasteiger partial charge in [-0.1, -0.05) is 0 Å². The molecule has 0 spiro atoms. The standard InChI is InChI=1S/C19H21N7/c1-4-16-17(5-1)23-18(14-6-8-20-9-7-14)24-19(16)26-10-2-3-15(26)11-25-13-21-12-22-25/h6-9,12-13,15H,1-5,10-11H2/t15-/m1/s1. The van der Waals surface area contributed by atoms with Crippen LogP contribution in [0.5, 0.6) is 0 Å². The molecular weight excluding hydrogens is 326 g/mol. The van der Waals surface area contributed by atoms with Crippen LogP contribution in [0.2, 0.25) is 0 Å². The molecule has 7 heteroatoms. The van der Waals surface area contributed by atoms with Crippen molar-refractivity contribution in [3.8, 4) is 11.4 Å². The second-order valence-corrected chi connectivity index (χ2v) is 6.99. The maximum Gasteiger partial charge on any atom is 0.161 e. The van der Waals surface area contributed by atoms with Crippen LogP contribution in [-0.4, -0.2) is 42.3 Å². The van der Waals surface area contributed by atoms with Gasteiger partial charge in [-0.05, 0) is 44.2 Å². The molecule has 1 saturated heterocycles. The zero-order chi connectivity index (χ0) is 17.3. The fourth-order valence-electron chi connectivity index (χ4n) is 4.13. The predicted octanol–water partition coefficient (Wildman–Crippen LogP) is 2.29. The second-order valence-electron chi connectivity index (χ2n) is 6.99. The molecule has 26 heavy (non-hydrogen) atoms. The van der Waals surface area contributed by atoms with Crippen LogP contribution >= 0.6 is 0 Å². The van der Waals surface area contributed by atoms with Crippen molar-refractivity contribution < 1.29 is 0 Å². The van der Waals surface area contributed by atoms with Crippen molar-refractivity contribution in [3.05, 3.63) is 48.4 Å². The zero-order valence-corrected chi connectivity index (χ0v) is 14.6. The molecule has 5 rings (SSSR count). The Kier molecular flexibility index (Phi) is 3.84. The van der Waals surface area contributed by atoms with E-state index < -0.39 is 0 Å². The first-order valence-electron chi connectivity index (χ1n) is 9.28. The summed E-state index contributed by atoms with van der Waals surface area (Å²) in [6, 6.07) is 4.37. The maximum atomic E-state index is 5.02. The monoisotopic (exact) mass is 347 g/mol. The van der Waals surface area contributed by atoms with Crippen LogP contribution in [0.4, 0.5) is 5.82 Å². The van der Waals surface area contributed by atoms with E-state index in [1.807, 2.05) is 16.8 Å². The summed E-state index contributed by atoms with van der Waals surface area (Å²) in [4.78, 5) is 20.5. The molecule has 0 amide bonds. The van der Waals surface area contributed by atoms with E-state index in [0.717, 1.165) is 49.6 Å². The molecule has 0 radical (unpaired) electrons. The minimum Gasteiger partial charge on any atom is -0.351 e. The molecule has 132 valence electrons. The maximum absolute atomic E-state index is 5.02. The molecule has 0 N–H and O–H groups in total. The highest BCUT2D eigenvalue weighted by Gasteiger charge is 2.31. The Morgan fingerprint density at radius 1 is 1.04 bits per heavy atom. The fourth-order valence-corrected chi connectivity index (χ4v) is 4.13. The number of aryl methyl sites for hydroxylation is 1. The van der Waals surface area contributed by atoms with Crippen molar-refractivity contribution in [1.82, 2.24) is 29.7 Å². The molecule has 1 aliphatic carbocycles. The van der Waals surface area contributed by atoms with Gasteiger partial charge in [0, 0.05) is 35.8 Å². The lowest BCUT2D eigenvalue weighted by Crippen LogP contribution is -2.34. The smallest absolute Gasteiger partial charge is 0.161 e. The molecule has 1 fully saturated rings. The summed E-state index contributed by atoms with van der Waals surface area (Å²) in [5.74, 6) is 1.94. The number of hydrogen-bond acceptors (Lipinski definition) is 6. The number of fused-ring (bicyclic) bond motifs is 1. The zero-order valence-electron chi connectivity index (χ0n) is 14.6. The van der Waals surface area contributed by atoms with Gasteiger partial charge < -0.3 is 4.90 Å². The van der Waals surface area contributed by atoms with Gasteiger partial charge in [-0.3, -0.25) is 9.67 Å². The molecule has 1 aliphatic heterocycles. The van der Waals surface area contributed by atoms with Crippen LogP contribution in [0, 0.1) is 0 Å². The second kappa shape index (κ2) is 6.48. The third-order valence-corrected chi connectivity index (χ3v) is 5.36. The molecular formula is C19H21N7. The van der Waals surface area contributed by atoms with E-state index in [2.05, 4.69) is 20.0 Å². The van der Waals surface area contributed by atoms with Crippen molar-refractivity contribution in [3.63, 3.8) is 0 Å². The minimum absolute atomic E-state index is 0.404. The van der Waals surface area contributed by atoms with Gasteiger partial charge in [0.2, 0.25) is 0 Å². The molecule has 0 saturated carbocycles. The van der Waals surface area contributed by atoms with Gasteiger partial charge >= 0.3 is 0 Å². The molecule has 4 heterocycles. The highest BCUT2D eigenvalue weighted by atomic mass is 15.3. The van der Waals surface area contributed by atoms with Crippen LogP contribution in [0.15, 0.2) is 37.2 Å². The quantitative estimate of drug-likeness (QED) is 0.721. The lowest BCUT2D eigenvalue weighted by atomic mass is 10.1. The van der Waals surface area contributed by atoms with E-state index in [1.165, 1.54) is 24.1 Å². The Balaban J connectivity index is 1.54. The Labute approximate surface area is 152 Å². The first-order valence-corrected chi connectivity index (χ1v) is 9.28. The normalized spacial score (nSPS) is 19.1. The van der Waals surface area contributed by atoms with Crippen LogP contribution in [0.25, 0.3) is 11.4 Å². The molecule has 3 aromatic rings. The van der Waals surface area contributed by atoms with E-state index in [1.54, 1.807) is 25.0 Å². The Bertz CT molecular complexity index is 892. The van der Waals surface area contributed by atoms with Gasteiger partial charge in [0.25, 0.3) is 0 Å². The van der Waals surface area contributed by atoms with Crippen molar-refractivity contribution in [2.45, 2.75) is 44.7 Å². The highest BCUT2D eigenvalue weighted by Crippen LogP contribution is 2.35. The Morgan fingerprint density at radius 3 is 2.81 bits per heavy atom. The summed E-state index contributed by atoms with van der Waals surface area (Å²) in [5.41, 5.74) is 3.59. The Morgan fingerprint density at radius 2 is 1.96 bits per heavy atom. The predicted molar refractivity (Wildman–Crippen MR) is 97.7 cm³/mol. The first kappa shape index (κ1) is 15.4. The molecule has 0 bridgehead atoms. The summed E-state index contributed by atoms with van der Waals surface area (Å²) in [5, 5.41) is 4.28. The number of hydrogen-bond donors (Lipinski definition) is 0. The average Bonchev–Trinajstić information content (AvgIpc) is 3.44.